The Balaban J connectivity index is 1.88. The van der Waals surface area contributed by atoms with E-state index in [0.717, 1.165) is 37.7 Å². The minimum absolute atomic E-state index is 0.112. The van der Waals surface area contributed by atoms with Gasteiger partial charge in [-0.15, -0.1) is 0 Å². The summed E-state index contributed by atoms with van der Waals surface area (Å²) in [4.78, 5) is 18.3. The van der Waals surface area contributed by atoms with E-state index in [1.54, 1.807) is 5.06 Å². The third kappa shape index (κ3) is 2.26. The van der Waals surface area contributed by atoms with Gasteiger partial charge in [0, 0.05) is 11.6 Å². The number of hydroxylamine groups is 2. The van der Waals surface area contributed by atoms with Gasteiger partial charge in [0.15, 0.2) is 0 Å². The van der Waals surface area contributed by atoms with Crippen molar-refractivity contribution >= 4 is 17.5 Å². The van der Waals surface area contributed by atoms with Crippen LogP contribution in [0.3, 0.4) is 0 Å². The van der Waals surface area contributed by atoms with E-state index in [0.29, 0.717) is 18.2 Å². The highest BCUT2D eigenvalue weighted by atomic mass is 35.5. The standard InChI is InChI=1S/C15H18ClNO2/c16-13-6-3-5-12(11-13)15(7-4-8-15)14(18)17-9-1-2-10-19-17/h3,5-6,11H,1-2,4,7-10H2. The van der Waals surface area contributed by atoms with Crippen molar-refractivity contribution in [2.75, 3.05) is 13.2 Å². The van der Waals surface area contributed by atoms with Gasteiger partial charge in [-0.1, -0.05) is 30.2 Å². The molecular weight excluding hydrogens is 262 g/mol. The SMILES string of the molecule is O=C(N1CCCCO1)C1(c2cccc(Cl)c2)CCC1. The van der Waals surface area contributed by atoms with Crippen LogP contribution in [0, 0.1) is 0 Å². The maximum absolute atomic E-state index is 12.8. The van der Waals surface area contributed by atoms with Crippen molar-refractivity contribution in [1.29, 1.82) is 0 Å². The first-order chi connectivity index (χ1) is 9.22. The van der Waals surface area contributed by atoms with Crippen LogP contribution in [-0.2, 0) is 15.0 Å². The third-order valence-corrected chi connectivity index (χ3v) is 4.46. The molecule has 1 aromatic rings. The van der Waals surface area contributed by atoms with Gasteiger partial charge in [0.25, 0.3) is 5.91 Å². The van der Waals surface area contributed by atoms with Crippen molar-refractivity contribution in [3.63, 3.8) is 0 Å². The van der Waals surface area contributed by atoms with Crippen LogP contribution in [0.2, 0.25) is 5.02 Å². The molecule has 0 aromatic heterocycles. The van der Waals surface area contributed by atoms with Gasteiger partial charge < -0.3 is 0 Å². The van der Waals surface area contributed by atoms with Gasteiger partial charge in [0.2, 0.25) is 0 Å². The van der Waals surface area contributed by atoms with Crippen molar-refractivity contribution in [3.05, 3.63) is 34.9 Å². The van der Waals surface area contributed by atoms with Gasteiger partial charge >= 0.3 is 0 Å². The molecule has 19 heavy (non-hydrogen) atoms. The van der Waals surface area contributed by atoms with E-state index in [1.165, 1.54) is 0 Å². The molecule has 102 valence electrons. The van der Waals surface area contributed by atoms with Crippen LogP contribution in [0.1, 0.15) is 37.7 Å². The Labute approximate surface area is 118 Å². The van der Waals surface area contributed by atoms with Gasteiger partial charge in [0.05, 0.1) is 12.0 Å². The summed E-state index contributed by atoms with van der Waals surface area (Å²) in [7, 11) is 0. The van der Waals surface area contributed by atoms with E-state index in [4.69, 9.17) is 16.4 Å². The highest BCUT2D eigenvalue weighted by molar-refractivity contribution is 6.30. The Morgan fingerprint density at radius 3 is 2.68 bits per heavy atom. The van der Waals surface area contributed by atoms with Crippen LogP contribution in [0.5, 0.6) is 0 Å². The zero-order chi connectivity index (χ0) is 13.3. The number of halogens is 1. The van der Waals surface area contributed by atoms with Crippen molar-refractivity contribution < 1.29 is 9.63 Å². The first kappa shape index (κ1) is 12.9. The summed E-state index contributed by atoms with van der Waals surface area (Å²) in [5.41, 5.74) is 0.632. The number of carbonyl (C=O) groups excluding carboxylic acids is 1. The van der Waals surface area contributed by atoms with E-state index in [-0.39, 0.29) is 5.91 Å². The summed E-state index contributed by atoms with van der Waals surface area (Å²) >= 11 is 6.07. The molecule has 0 unspecified atom stereocenters. The molecule has 2 aliphatic rings. The molecule has 1 aliphatic carbocycles. The lowest BCUT2D eigenvalue weighted by atomic mass is 9.63. The fraction of sp³-hybridized carbons (Fsp3) is 0.533. The average molecular weight is 280 g/mol. The molecule has 2 fully saturated rings. The van der Waals surface area contributed by atoms with Crippen LogP contribution in [0.25, 0.3) is 0 Å². The minimum atomic E-state index is -0.401. The Hall–Kier alpha value is -1.06. The van der Waals surface area contributed by atoms with Gasteiger partial charge in [-0.3, -0.25) is 9.63 Å². The summed E-state index contributed by atoms with van der Waals surface area (Å²) in [5, 5.41) is 2.26. The molecule has 1 aromatic carbocycles. The second-order valence-corrected chi connectivity index (χ2v) is 5.83. The Morgan fingerprint density at radius 2 is 2.11 bits per heavy atom. The molecule has 1 saturated heterocycles. The summed E-state index contributed by atoms with van der Waals surface area (Å²) in [5.74, 6) is 0.112. The van der Waals surface area contributed by atoms with Crippen molar-refractivity contribution in [1.82, 2.24) is 5.06 Å². The number of carbonyl (C=O) groups is 1. The third-order valence-electron chi connectivity index (χ3n) is 4.22. The second kappa shape index (κ2) is 5.14. The van der Waals surface area contributed by atoms with E-state index in [2.05, 4.69) is 0 Å². The van der Waals surface area contributed by atoms with Crippen molar-refractivity contribution in [3.8, 4) is 0 Å². The number of hydrogen-bond donors (Lipinski definition) is 0. The lowest BCUT2D eigenvalue weighted by Crippen LogP contribution is -2.52. The predicted molar refractivity (Wildman–Crippen MR) is 73.9 cm³/mol. The molecule has 0 atom stereocenters. The number of hydrogen-bond acceptors (Lipinski definition) is 2. The van der Waals surface area contributed by atoms with Crippen molar-refractivity contribution in [2.45, 2.75) is 37.5 Å². The molecule has 3 rings (SSSR count). The molecule has 1 saturated carbocycles. The van der Waals surface area contributed by atoms with Crippen LogP contribution in [-0.4, -0.2) is 24.1 Å². The number of nitrogens with zero attached hydrogens (tertiary/aromatic N) is 1. The second-order valence-electron chi connectivity index (χ2n) is 5.39. The predicted octanol–water partition coefficient (Wildman–Crippen LogP) is 3.32. The first-order valence-corrected chi connectivity index (χ1v) is 7.31. The lowest BCUT2D eigenvalue weighted by molar-refractivity contribution is -0.206. The highest BCUT2D eigenvalue weighted by Crippen LogP contribution is 2.46. The maximum Gasteiger partial charge on any atom is 0.256 e. The molecule has 1 heterocycles. The van der Waals surface area contributed by atoms with Crippen molar-refractivity contribution in [2.24, 2.45) is 0 Å². The molecule has 0 bridgehead atoms. The molecule has 4 heteroatoms. The summed E-state index contributed by atoms with van der Waals surface area (Å²) < 4.78 is 0. The zero-order valence-corrected chi connectivity index (χ0v) is 11.7. The molecule has 0 radical (unpaired) electrons. The molecule has 0 spiro atoms. The highest BCUT2D eigenvalue weighted by Gasteiger charge is 2.48. The molecule has 1 aliphatic heterocycles. The lowest BCUT2D eigenvalue weighted by Gasteiger charge is -2.44. The largest absolute Gasteiger partial charge is 0.272 e. The zero-order valence-electron chi connectivity index (χ0n) is 10.9. The average Bonchev–Trinajstić information content (AvgIpc) is 2.38. The smallest absolute Gasteiger partial charge is 0.256 e. The Morgan fingerprint density at radius 1 is 1.26 bits per heavy atom. The van der Waals surface area contributed by atoms with Gasteiger partial charge in [0.1, 0.15) is 0 Å². The maximum atomic E-state index is 12.8. The monoisotopic (exact) mass is 279 g/mol. The van der Waals surface area contributed by atoms with E-state index >= 15 is 0 Å². The van der Waals surface area contributed by atoms with Gasteiger partial charge in [-0.25, -0.2) is 5.06 Å². The molecule has 3 nitrogen and oxygen atoms in total. The van der Waals surface area contributed by atoms with Crippen LogP contribution in [0.15, 0.2) is 24.3 Å². The van der Waals surface area contributed by atoms with Crippen LogP contribution in [0.4, 0.5) is 0 Å². The van der Waals surface area contributed by atoms with Gasteiger partial charge in [-0.2, -0.15) is 0 Å². The van der Waals surface area contributed by atoms with Crippen LogP contribution >= 0.6 is 11.6 Å². The number of benzene rings is 1. The van der Waals surface area contributed by atoms with E-state index in [9.17, 15) is 4.79 Å². The topological polar surface area (TPSA) is 29.5 Å². The molecule has 1 amide bonds. The Bertz CT molecular complexity index is 479. The number of rotatable bonds is 2. The fourth-order valence-electron chi connectivity index (χ4n) is 2.94. The molecular formula is C15H18ClNO2. The van der Waals surface area contributed by atoms with E-state index in [1.807, 2.05) is 24.3 Å². The van der Waals surface area contributed by atoms with Gasteiger partial charge in [-0.05, 0) is 43.4 Å². The first-order valence-electron chi connectivity index (χ1n) is 6.93. The summed E-state index contributed by atoms with van der Waals surface area (Å²) in [6, 6.07) is 7.69. The minimum Gasteiger partial charge on any atom is -0.272 e. The summed E-state index contributed by atoms with van der Waals surface area (Å²) in [6.45, 7) is 1.36. The quantitative estimate of drug-likeness (QED) is 0.831. The van der Waals surface area contributed by atoms with Crippen LogP contribution < -0.4 is 0 Å². The molecule has 0 N–H and O–H groups in total. The number of amides is 1. The summed E-state index contributed by atoms with van der Waals surface area (Å²) in [6.07, 6.45) is 4.94. The normalized spacial score (nSPS) is 21.8. The fourth-order valence-corrected chi connectivity index (χ4v) is 3.13. The Kier molecular flexibility index (Phi) is 3.50. The van der Waals surface area contributed by atoms with E-state index < -0.39 is 5.41 Å².